The second-order valence-corrected chi connectivity index (χ2v) is 9.25. The van der Waals surface area contributed by atoms with Crippen LogP contribution in [0.15, 0.2) is 30.6 Å². The third-order valence-electron chi connectivity index (χ3n) is 5.78. The van der Waals surface area contributed by atoms with Crippen LogP contribution in [0.2, 0.25) is 0 Å². The molecule has 3 aromatic heterocycles. The average Bonchev–Trinajstić information content (AvgIpc) is 3.27. The maximum atomic E-state index is 6.09. The van der Waals surface area contributed by atoms with Crippen molar-refractivity contribution in [1.29, 1.82) is 0 Å². The molecule has 8 heteroatoms. The number of hydrogen-bond donors (Lipinski definition) is 1. The van der Waals surface area contributed by atoms with E-state index < -0.39 is 0 Å². The Morgan fingerprint density at radius 1 is 1.06 bits per heavy atom. The lowest BCUT2D eigenvalue weighted by Crippen LogP contribution is -2.22. The molecule has 7 nitrogen and oxygen atoms in total. The van der Waals surface area contributed by atoms with Gasteiger partial charge in [-0.3, -0.25) is 4.90 Å². The Bertz CT molecular complexity index is 996. The summed E-state index contributed by atoms with van der Waals surface area (Å²) in [6.07, 6.45) is 9.91. The van der Waals surface area contributed by atoms with Crippen molar-refractivity contribution in [3.8, 4) is 16.6 Å². The van der Waals surface area contributed by atoms with Crippen LogP contribution in [0.5, 0.6) is 6.01 Å². The molecule has 1 aliphatic carbocycles. The molecule has 32 heavy (non-hydrogen) atoms. The zero-order chi connectivity index (χ0) is 22.3. The molecule has 1 saturated carbocycles. The fraction of sp³-hybridized carbons (Fsp3) is 0.500. The molecule has 1 aliphatic rings. The number of rotatable bonds is 9. The molecule has 0 unspecified atom stereocenters. The molecule has 0 atom stereocenters. The normalized spacial score (nSPS) is 14.6. The van der Waals surface area contributed by atoms with Gasteiger partial charge < -0.3 is 10.1 Å². The van der Waals surface area contributed by atoms with Crippen LogP contribution in [-0.2, 0) is 6.54 Å². The second-order valence-electron chi connectivity index (χ2n) is 8.22. The summed E-state index contributed by atoms with van der Waals surface area (Å²) in [6, 6.07) is 6.57. The van der Waals surface area contributed by atoms with Gasteiger partial charge in [0, 0.05) is 24.6 Å². The third-order valence-corrected chi connectivity index (χ3v) is 6.71. The van der Waals surface area contributed by atoms with E-state index in [2.05, 4.69) is 50.1 Å². The van der Waals surface area contributed by atoms with Gasteiger partial charge in [-0.05, 0) is 63.4 Å². The van der Waals surface area contributed by atoms with E-state index in [4.69, 9.17) is 4.74 Å². The highest BCUT2D eigenvalue weighted by molar-refractivity contribution is 7.18. The van der Waals surface area contributed by atoms with Crippen molar-refractivity contribution in [3.63, 3.8) is 0 Å². The number of aromatic nitrogens is 4. The first-order valence-electron chi connectivity index (χ1n) is 11.6. The maximum absolute atomic E-state index is 6.09. The van der Waals surface area contributed by atoms with Crippen LogP contribution < -0.4 is 10.1 Å². The predicted molar refractivity (Wildman–Crippen MR) is 130 cm³/mol. The van der Waals surface area contributed by atoms with E-state index in [0.717, 1.165) is 59.7 Å². The number of hydrogen-bond acceptors (Lipinski definition) is 8. The predicted octanol–water partition coefficient (Wildman–Crippen LogP) is 5.60. The van der Waals surface area contributed by atoms with Crippen molar-refractivity contribution < 1.29 is 4.74 Å². The lowest BCUT2D eigenvalue weighted by molar-refractivity contribution is 0.142. The number of thiazole rings is 1. The lowest BCUT2D eigenvalue weighted by atomic mass is 9.98. The Labute approximate surface area is 194 Å². The second kappa shape index (κ2) is 10.8. The van der Waals surface area contributed by atoms with E-state index >= 15 is 0 Å². The van der Waals surface area contributed by atoms with Crippen molar-refractivity contribution in [2.45, 2.75) is 65.5 Å². The van der Waals surface area contributed by atoms with E-state index in [1.165, 1.54) is 24.8 Å². The molecule has 0 aromatic carbocycles. The molecule has 0 amide bonds. The number of nitrogens with zero attached hydrogens (tertiary/aromatic N) is 5. The fourth-order valence-electron chi connectivity index (χ4n) is 3.91. The van der Waals surface area contributed by atoms with Crippen LogP contribution >= 0.6 is 11.3 Å². The van der Waals surface area contributed by atoms with Gasteiger partial charge in [0.15, 0.2) is 5.13 Å². The zero-order valence-corrected chi connectivity index (χ0v) is 20.0. The van der Waals surface area contributed by atoms with Gasteiger partial charge in [-0.25, -0.2) is 15.0 Å². The summed E-state index contributed by atoms with van der Waals surface area (Å²) in [5, 5.41) is 4.09. The molecule has 1 N–H and O–H groups in total. The largest absolute Gasteiger partial charge is 0.460 e. The molecule has 0 spiro atoms. The van der Waals surface area contributed by atoms with Gasteiger partial charge in [0.25, 0.3) is 0 Å². The highest BCUT2D eigenvalue weighted by Gasteiger charge is 2.17. The number of anilines is 2. The quantitative estimate of drug-likeness (QED) is 0.453. The summed E-state index contributed by atoms with van der Waals surface area (Å²) >= 11 is 1.55. The number of pyridine rings is 1. The Hall–Kier alpha value is -2.58. The molecule has 3 heterocycles. The van der Waals surface area contributed by atoms with Crippen LogP contribution in [0.1, 0.15) is 57.2 Å². The monoisotopic (exact) mass is 452 g/mol. The average molecular weight is 453 g/mol. The first-order chi connectivity index (χ1) is 15.6. The summed E-state index contributed by atoms with van der Waals surface area (Å²) < 4.78 is 6.09. The van der Waals surface area contributed by atoms with Crippen LogP contribution in [0.25, 0.3) is 10.6 Å². The number of aryl methyl sites for hydroxylation is 1. The lowest BCUT2D eigenvalue weighted by Gasteiger charge is -2.21. The van der Waals surface area contributed by atoms with Gasteiger partial charge in [-0.1, -0.05) is 37.7 Å². The van der Waals surface area contributed by atoms with E-state index in [1.54, 1.807) is 11.3 Å². The van der Waals surface area contributed by atoms with Crippen LogP contribution in [0.3, 0.4) is 0 Å². The Morgan fingerprint density at radius 2 is 1.88 bits per heavy atom. The topological polar surface area (TPSA) is 76.1 Å². The van der Waals surface area contributed by atoms with Gasteiger partial charge in [0.1, 0.15) is 11.9 Å². The fourth-order valence-corrected chi connectivity index (χ4v) is 4.69. The van der Waals surface area contributed by atoms with E-state index in [1.807, 2.05) is 31.5 Å². The van der Waals surface area contributed by atoms with Crippen molar-refractivity contribution in [2.75, 3.05) is 18.4 Å². The van der Waals surface area contributed by atoms with Crippen LogP contribution in [0, 0.1) is 6.92 Å². The molecule has 0 radical (unpaired) electrons. The summed E-state index contributed by atoms with van der Waals surface area (Å²) in [6.45, 7) is 9.32. The SMILES string of the molecule is CCN(CC)Cc1ccc(Nc2ncc(-c3cc(C)nc(OC4CCCCC4)n3)s2)nc1. The number of ether oxygens (including phenoxy) is 1. The zero-order valence-electron chi connectivity index (χ0n) is 19.2. The summed E-state index contributed by atoms with van der Waals surface area (Å²) in [4.78, 5) is 21.6. The Morgan fingerprint density at radius 3 is 2.59 bits per heavy atom. The van der Waals surface area contributed by atoms with E-state index in [0.29, 0.717) is 6.01 Å². The maximum Gasteiger partial charge on any atom is 0.317 e. The van der Waals surface area contributed by atoms with E-state index in [-0.39, 0.29) is 6.10 Å². The summed E-state index contributed by atoms with van der Waals surface area (Å²) in [7, 11) is 0. The van der Waals surface area contributed by atoms with Gasteiger partial charge in [-0.2, -0.15) is 4.98 Å². The van der Waals surface area contributed by atoms with E-state index in [9.17, 15) is 0 Å². The molecule has 170 valence electrons. The van der Waals surface area contributed by atoms with Crippen LogP contribution in [0.4, 0.5) is 10.9 Å². The molecule has 1 fully saturated rings. The standard InChI is InChI=1S/C24H32N6OS/c1-4-30(5-2)16-18-11-12-22(25-14-18)29-24-26-15-21(32-24)20-13-17(3)27-23(28-20)31-19-9-7-6-8-10-19/h11-15,19H,4-10,16H2,1-3H3,(H,25,26,29). The first kappa shape index (κ1) is 22.6. The highest BCUT2D eigenvalue weighted by Crippen LogP contribution is 2.31. The third kappa shape index (κ3) is 6.01. The molecule has 0 bridgehead atoms. The summed E-state index contributed by atoms with van der Waals surface area (Å²) in [5.74, 6) is 0.786. The molecule has 0 aliphatic heterocycles. The van der Waals surface area contributed by atoms with Gasteiger partial charge in [-0.15, -0.1) is 0 Å². The molecular formula is C24H32N6OS. The minimum absolute atomic E-state index is 0.230. The number of nitrogens with one attached hydrogen (secondary N) is 1. The molecule has 3 aromatic rings. The minimum atomic E-state index is 0.230. The minimum Gasteiger partial charge on any atom is -0.460 e. The van der Waals surface area contributed by atoms with Crippen LogP contribution in [-0.4, -0.2) is 44.0 Å². The van der Waals surface area contributed by atoms with Gasteiger partial charge in [0.05, 0.1) is 10.6 Å². The van der Waals surface area contributed by atoms with Crippen molar-refractivity contribution in [3.05, 3.63) is 41.9 Å². The first-order valence-corrected chi connectivity index (χ1v) is 12.4. The highest BCUT2D eigenvalue weighted by atomic mass is 32.1. The summed E-state index contributed by atoms with van der Waals surface area (Å²) in [5.41, 5.74) is 2.95. The molecule has 4 rings (SSSR count). The van der Waals surface area contributed by atoms with Crippen molar-refractivity contribution in [1.82, 2.24) is 24.8 Å². The van der Waals surface area contributed by atoms with Crippen molar-refractivity contribution in [2.24, 2.45) is 0 Å². The van der Waals surface area contributed by atoms with Gasteiger partial charge in [0.2, 0.25) is 0 Å². The Kier molecular flexibility index (Phi) is 7.65. The Balaban J connectivity index is 1.42. The smallest absolute Gasteiger partial charge is 0.317 e. The van der Waals surface area contributed by atoms with Crippen molar-refractivity contribution >= 4 is 22.3 Å². The molecular weight excluding hydrogens is 420 g/mol. The van der Waals surface area contributed by atoms with Gasteiger partial charge >= 0.3 is 6.01 Å². The molecule has 0 saturated heterocycles.